The van der Waals surface area contributed by atoms with E-state index in [2.05, 4.69) is 26.1 Å². The van der Waals surface area contributed by atoms with E-state index in [9.17, 15) is 9.18 Å². The molecule has 3 aromatic rings. The van der Waals surface area contributed by atoms with Crippen LogP contribution in [0, 0.1) is 12.4 Å². The summed E-state index contributed by atoms with van der Waals surface area (Å²) in [5.41, 5.74) is 2.65. The topological polar surface area (TPSA) is 78.6 Å². The minimum Gasteiger partial charge on any atom is -0.456 e. The number of nitrogens with zero attached hydrogens (tertiary/aromatic N) is 7. The summed E-state index contributed by atoms with van der Waals surface area (Å²) in [6.45, 7) is 14.9. The van der Waals surface area contributed by atoms with Crippen LogP contribution in [-0.4, -0.2) is 104 Å². The Morgan fingerprint density at radius 1 is 1.23 bits per heavy atom. The third kappa shape index (κ3) is 5.65. The van der Waals surface area contributed by atoms with Gasteiger partial charge in [-0.2, -0.15) is 9.97 Å². The lowest BCUT2D eigenvalue weighted by Crippen LogP contribution is -2.56. The highest BCUT2D eigenvalue weighted by Gasteiger charge is 2.36. The minimum absolute atomic E-state index is 0.0545. The summed E-state index contributed by atoms with van der Waals surface area (Å²) in [5, 5.41) is 1.64. The van der Waals surface area contributed by atoms with Gasteiger partial charge in [-0.1, -0.05) is 36.4 Å². The number of benzene rings is 2. The molecule has 2 aromatic carbocycles. The number of hydrogen-bond donors (Lipinski definition) is 0. The highest BCUT2D eigenvalue weighted by atomic mass is 35.5. The Bertz CT molecular complexity index is 1630. The van der Waals surface area contributed by atoms with Crippen molar-refractivity contribution < 1.29 is 18.7 Å². The summed E-state index contributed by atoms with van der Waals surface area (Å²) < 4.78 is 26.7. The van der Waals surface area contributed by atoms with Gasteiger partial charge in [0, 0.05) is 42.8 Å². The van der Waals surface area contributed by atoms with Crippen LogP contribution in [0.25, 0.3) is 15.6 Å². The van der Waals surface area contributed by atoms with E-state index in [0.29, 0.717) is 57.7 Å². The molecular formula is C32H35ClFN7O3. The van der Waals surface area contributed by atoms with Crippen LogP contribution in [0.4, 0.5) is 15.9 Å². The summed E-state index contributed by atoms with van der Waals surface area (Å²) in [5.74, 6) is 0.123. The van der Waals surface area contributed by atoms with Gasteiger partial charge in [0.1, 0.15) is 23.8 Å². The molecule has 0 N–H and O–H groups in total. The minimum atomic E-state index is -0.457. The first-order chi connectivity index (χ1) is 21.3. The number of rotatable bonds is 7. The van der Waals surface area contributed by atoms with Crippen LogP contribution in [-0.2, 0) is 22.5 Å². The Balaban J connectivity index is 1.38. The highest BCUT2D eigenvalue weighted by molar-refractivity contribution is 6.36. The SMILES string of the molecule is [C-]#[N+]C[C@H]1CN(c2nc(O[C@@H]3COC[C@@H]3N(C)C)nc3c2CCN(c2cccc4ccc(F)c(Cl)c24)C3)CCN1C(=O)C=C. The van der Waals surface area contributed by atoms with Gasteiger partial charge >= 0.3 is 6.01 Å². The third-order valence-electron chi connectivity index (χ3n) is 8.74. The molecule has 0 aliphatic carbocycles. The van der Waals surface area contributed by atoms with E-state index < -0.39 is 5.82 Å². The fourth-order valence-electron chi connectivity index (χ4n) is 6.43. The average molecular weight is 620 g/mol. The van der Waals surface area contributed by atoms with Gasteiger partial charge < -0.3 is 33.9 Å². The zero-order valence-electron chi connectivity index (χ0n) is 24.9. The van der Waals surface area contributed by atoms with Crippen molar-refractivity contribution in [2.24, 2.45) is 0 Å². The van der Waals surface area contributed by atoms with E-state index in [1.807, 2.05) is 32.3 Å². The summed E-state index contributed by atoms with van der Waals surface area (Å²) in [7, 11) is 3.98. The average Bonchev–Trinajstić information content (AvgIpc) is 3.50. The lowest BCUT2D eigenvalue weighted by Gasteiger charge is -2.41. The fraction of sp³-hybridized carbons (Fsp3) is 0.438. The van der Waals surface area contributed by atoms with Gasteiger partial charge in [0.05, 0.1) is 36.5 Å². The lowest BCUT2D eigenvalue weighted by molar-refractivity contribution is -0.128. The molecule has 3 aliphatic rings. The van der Waals surface area contributed by atoms with Gasteiger partial charge in [-0.05, 0) is 44.1 Å². The second-order valence-corrected chi connectivity index (χ2v) is 11.9. The molecule has 2 fully saturated rings. The van der Waals surface area contributed by atoms with Crippen LogP contribution in [0.15, 0.2) is 43.0 Å². The van der Waals surface area contributed by atoms with Crippen LogP contribution in [0.1, 0.15) is 11.3 Å². The molecular weight excluding hydrogens is 585 g/mol. The van der Waals surface area contributed by atoms with Crippen molar-refractivity contribution in [2.75, 3.05) is 69.8 Å². The number of fused-ring (bicyclic) bond motifs is 2. The number of anilines is 2. The van der Waals surface area contributed by atoms with Gasteiger partial charge in [-0.15, -0.1) is 0 Å². The number of halogens is 2. The maximum atomic E-state index is 14.6. The predicted octanol–water partition coefficient (Wildman–Crippen LogP) is 3.82. The maximum Gasteiger partial charge on any atom is 0.319 e. The molecule has 0 radical (unpaired) electrons. The number of carbonyl (C=O) groups excluding carboxylic acids is 1. The second kappa shape index (κ2) is 12.6. The van der Waals surface area contributed by atoms with Crippen molar-refractivity contribution in [3.63, 3.8) is 0 Å². The summed E-state index contributed by atoms with van der Waals surface area (Å²) in [6.07, 6.45) is 1.70. The number of piperazine rings is 1. The molecule has 1 aromatic heterocycles. The van der Waals surface area contributed by atoms with Crippen molar-refractivity contribution in [1.82, 2.24) is 19.8 Å². The smallest absolute Gasteiger partial charge is 0.319 e. The van der Waals surface area contributed by atoms with Crippen LogP contribution in [0.5, 0.6) is 6.01 Å². The first-order valence-electron chi connectivity index (χ1n) is 14.7. The number of aromatic nitrogens is 2. The first-order valence-corrected chi connectivity index (χ1v) is 15.1. The highest BCUT2D eigenvalue weighted by Crippen LogP contribution is 2.38. The molecule has 3 atom stereocenters. The molecule has 0 saturated carbocycles. The molecule has 1 amide bonds. The molecule has 12 heteroatoms. The Morgan fingerprint density at radius 2 is 2.07 bits per heavy atom. The van der Waals surface area contributed by atoms with Gasteiger partial charge in [-0.3, -0.25) is 4.79 Å². The molecule has 2 saturated heterocycles. The zero-order valence-corrected chi connectivity index (χ0v) is 25.6. The Kier molecular flexibility index (Phi) is 8.58. The quantitative estimate of drug-likeness (QED) is 0.292. The number of likely N-dealkylation sites (N-methyl/N-ethyl adjacent to an activating group) is 1. The van der Waals surface area contributed by atoms with Crippen LogP contribution in [0.2, 0.25) is 5.02 Å². The summed E-state index contributed by atoms with van der Waals surface area (Å²) in [6, 6.07) is 8.98. The Labute approximate surface area is 261 Å². The van der Waals surface area contributed by atoms with Gasteiger partial charge in [0.25, 0.3) is 0 Å². The molecule has 0 spiro atoms. The largest absolute Gasteiger partial charge is 0.456 e. The molecule has 3 aliphatic heterocycles. The van der Waals surface area contributed by atoms with Crippen molar-refractivity contribution >= 4 is 39.8 Å². The monoisotopic (exact) mass is 619 g/mol. The molecule has 0 bridgehead atoms. The number of ether oxygens (including phenoxy) is 2. The molecule has 6 rings (SSSR count). The van der Waals surface area contributed by atoms with Crippen molar-refractivity contribution in [3.05, 3.63) is 76.5 Å². The Morgan fingerprint density at radius 3 is 2.84 bits per heavy atom. The molecule has 0 unspecified atom stereocenters. The lowest BCUT2D eigenvalue weighted by atomic mass is 10.0. The third-order valence-corrected chi connectivity index (χ3v) is 9.11. The van der Waals surface area contributed by atoms with Crippen LogP contribution in [0.3, 0.4) is 0 Å². The fourth-order valence-corrected chi connectivity index (χ4v) is 6.70. The van der Waals surface area contributed by atoms with Crippen molar-refractivity contribution in [3.8, 4) is 6.01 Å². The van der Waals surface area contributed by atoms with E-state index in [-0.39, 0.29) is 41.7 Å². The van der Waals surface area contributed by atoms with Gasteiger partial charge in [-0.25, -0.2) is 11.0 Å². The van der Waals surface area contributed by atoms with Crippen molar-refractivity contribution in [1.29, 1.82) is 0 Å². The zero-order chi connectivity index (χ0) is 31.0. The number of amides is 1. The second-order valence-electron chi connectivity index (χ2n) is 11.6. The van der Waals surface area contributed by atoms with E-state index in [1.54, 1.807) is 11.0 Å². The molecule has 44 heavy (non-hydrogen) atoms. The number of hydrogen-bond acceptors (Lipinski definition) is 8. The molecule has 10 nitrogen and oxygen atoms in total. The molecule has 230 valence electrons. The van der Waals surface area contributed by atoms with Gasteiger partial charge in [0.15, 0.2) is 0 Å². The van der Waals surface area contributed by atoms with E-state index >= 15 is 0 Å². The Hall–Kier alpha value is -3.98. The van der Waals surface area contributed by atoms with E-state index in [1.165, 1.54) is 12.1 Å². The standard InChI is InChI=1S/C32H35ClFN7O3/c1-5-28(42)41-14-13-40(16-21(41)15-35-2)31-22-11-12-39(25-8-6-7-20-9-10-23(34)30(33)29(20)25)17-24(22)36-32(37-31)44-27-19-43-18-26(27)38(3)4/h5-10,21,26-27H,1,11-19H2,3-4H3/t21-,26-,27+/m0/s1. The van der Waals surface area contributed by atoms with E-state index in [0.717, 1.165) is 28.1 Å². The maximum absolute atomic E-state index is 14.6. The normalized spacial score (nSPS) is 21.8. The predicted molar refractivity (Wildman–Crippen MR) is 168 cm³/mol. The van der Waals surface area contributed by atoms with Gasteiger partial charge in [0.2, 0.25) is 12.5 Å². The number of carbonyl (C=O) groups is 1. The molecule has 4 heterocycles. The first kappa shape index (κ1) is 30.1. The summed E-state index contributed by atoms with van der Waals surface area (Å²) in [4.78, 5) is 34.1. The van der Waals surface area contributed by atoms with Crippen LogP contribution >= 0.6 is 11.6 Å². The van der Waals surface area contributed by atoms with Crippen molar-refractivity contribution in [2.45, 2.75) is 31.2 Å². The van der Waals surface area contributed by atoms with Crippen LogP contribution < -0.4 is 14.5 Å². The summed E-state index contributed by atoms with van der Waals surface area (Å²) >= 11 is 6.50. The van der Waals surface area contributed by atoms with E-state index in [4.69, 9.17) is 37.6 Å².